The van der Waals surface area contributed by atoms with Crippen LogP contribution >= 0.6 is 0 Å². The summed E-state index contributed by atoms with van der Waals surface area (Å²) in [5.74, 6) is 0.0447. The molecule has 1 atom stereocenters. The summed E-state index contributed by atoms with van der Waals surface area (Å²) >= 11 is 0. The average molecular weight is 353 g/mol. The van der Waals surface area contributed by atoms with Crippen LogP contribution in [0.3, 0.4) is 0 Å². The highest BCUT2D eigenvalue weighted by atomic mass is 32.2. The fraction of sp³-hybridized carbons (Fsp3) is 0.588. The zero-order chi connectivity index (χ0) is 17.7. The number of nitrogens with two attached hydrogens (primary N) is 1. The molecule has 1 saturated heterocycles. The molecular weight excluding hydrogens is 326 g/mol. The molecule has 1 aliphatic rings. The van der Waals surface area contributed by atoms with Crippen molar-refractivity contribution in [2.45, 2.75) is 38.3 Å². The van der Waals surface area contributed by atoms with Crippen molar-refractivity contribution in [2.75, 3.05) is 25.9 Å². The van der Waals surface area contributed by atoms with Crippen molar-refractivity contribution in [3.05, 3.63) is 35.9 Å². The second kappa shape index (κ2) is 8.09. The molecule has 0 saturated carbocycles. The Morgan fingerprint density at radius 1 is 1.29 bits per heavy atom. The van der Waals surface area contributed by atoms with Gasteiger partial charge in [-0.1, -0.05) is 30.3 Å². The summed E-state index contributed by atoms with van der Waals surface area (Å²) in [5, 5.41) is 0. The minimum absolute atomic E-state index is 0.0376. The fourth-order valence-electron chi connectivity index (χ4n) is 3.07. The van der Waals surface area contributed by atoms with Gasteiger partial charge in [0.2, 0.25) is 15.9 Å². The van der Waals surface area contributed by atoms with E-state index in [-0.39, 0.29) is 17.7 Å². The van der Waals surface area contributed by atoms with Gasteiger partial charge in [0.25, 0.3) is 0 Å². The third-order valence-corrected chi connectivity index (χ3v) is 6.61. The van der Waals surface area contributed by atoms with Crippen LogP contribution < -0.4 is 5.73 Å². The molecule has 0 bridgehead atoms. The van der Waals surface area contributed by atoms with Gasteiger partial charge in [-0.3, -0.25) is 4.79 Å². The SMILES string of the molecule is CCS(=O)(=O)N(C)C1CCN(C(=O)[C@@H](N)Cc2ccccc2)CC1. The minimum Gasteiger partial charge on any atom is -0.341 e. The summed E-state index contributed by atoms with van der Waals surface area (Å²) in [6, 6.07) is 9.13. The van der Waals surface area contributed by atoms with Crippen molar-refractivity contribution in [1.82, 2.24) is 9.21 Å². The zero-order valence-electron chi connectivity index (χ0n) is 14.4. The largest absolute Gasteiger partial charge is 0.341 e. The minimum atomic E-state index is -3.19. The predicted octanol–water partition coefficient (Wildman–Crippen LogP) is 0.829. The van der Waals surface area contributed by atoms with E-state index in [4.69, 9.17) is 5.73 Å². The second-order valence-electron chi connectivity index (χ2n) is 6.27. The van der Waals surface area contributed by atoms with Crippen molar-refractivity contribution in [1.29, 1.82) is 0 Å². The van der Waals surface area contributed by atoms with E-state index in [1.54, 1.807) is 18.9 Å². The molecule has 1 aromatic carbocycles. The topological polar surface area (TPSA) is 83.7 Å². The number of nitrogens with zero attached hydrogens (tertiary/aromatic N) is 2. The first-order valence-electron chi connectivity index (χ1n) is 8.39. The Labute approximate surface area is 144 Å². The van der Waals surface area contributed by atoms with E-state index in [1.807, 2.05) is 30.3 Å². The summed E-state index contributed by atoms with van der Waals surface area (Å²) in [5.41, 5.74) is 7.11. The van der Waals surface area contributed by atoms with E-state index in [9.17, 15) is 13.2 Å². The molecule has 1 fully saturated rings. The van der Waals surface area contributed by atoms with Gasteiger partial charge >= 0.3 is 0 Å². The first-order valence-corrected chi connectivity index (χ1v) is 10.00. The van der Waals surface area contributed by atoms with Gasteiger partial charge in [0, 0.05) is 26.2 Å². The lowest BCUT2D eigenvalue weighted by Gasteiger charge is -2.37. The number of sulfonamides is 1. The normalized spacial score (nSPS) is 17.9. The summed E-state index contributed by atoms with van der Waals surface area (Å²) in [6.45, 7) is 2.75. The molecule has 1 aliphatic heterocycles. The van der Waals surface area contributed by atoms with Gasteiger partial charge in [-0.05, 0) is 31.7 Å². The van der Waals surface area contributed by atoms with Crippen LogP contribution in [-0.2, 0) is 21.2 Å². The van der Waals surface area contributed by atoms with Gasteiger partial charge in [-0.2, -0.15) is 0 Å². The number of amides is 1. The Hall–Kier alpha value is -1.44. The van der Waals surface area contributed by atoms with Gasteiger partial charge in [0.1, 0.15) is 0 Å². The Balaban J connectivity index is 1.88. The smallest absolute Gasteiger partial charge is 0.239 e. The maximum Gasteiger partial charge on any atom is 0.239 e. The Kier molecular flexibility index (Phi) is 6.37. The highest BCUT2D eigenvalue weighted by Gasteiger charge is 2.31. The van der Waals surface area contributed by atoms with Crippen LogP contribution in [0.25, 0.3) is 0 Å². The molecule has 6 nitrogen and oxygen atoms in total. The molecule has 1 aromatic rings. The molecule has 0 spiro atoms. The lowest BCUT2D eigenvalue weighted by molar-refractivity contribution is -0.133. The van der Waals surface area contributed by atoms with Crippen molar-refractivity contribution in [3.8, 4) is 0 Å². The molecular formula is C17H27N3O3S. The summed E-state index contributed by atoms with van der Waals surface area (Å²) in [7, 11) is -1.56. The van der Waals surface area contributed by atoms with Gasteiger partial charge in [0.15, 0.2) is 0 Å². The molecule has 0 aliphatic carbocycles. The molecule has 7 heteroatoms. The zero-order valence-corrected chi connectivity index (χ0v) is 15.2. The van der Waals surface area contributed by atoms with E-state index in [0.29, 0.717) is 32.4 Å². The van der Waals surface area contributed by atoms with Crippen LogP contribution in [0.2, 0.25) is 0 Å². The first kappa shape index (κ1) is 18.9. The molecule has 2 N–H and O–H groups in total. The average Bonchev–Trinajstić information content (AvgIpc) is 2.61. The summed E-state index contributed by atoms with van der Waals surface area (Å²) < 4.78 is 25.4. The molecule has 1 amide bonds. The van der Waals surface area contributed by atoms with E-state index in [0.717, 1.165) is 5.56 Å². The van der Waals surface area contributed by atoms with Crippen LogP contribution in [0.15, 0.2) is 30.3 Å². The maximum atomic E-state index is 12.5. The van der Waals surface area contributed by atoms with Gasteiger partial charge < -0.3 is 10.6 Å². The quantitative estimate of drug-likeness (QED) is 0.821. The summed E-state index contributed by atoms with van der Waals surface area (Å²) in [4.78, 5) is 14.3. The molecule has 0 radical (unpaired) electrons. The third-order valence-electron chi connectivity index (χ3n) is 4.71. The molecule has 1 heterocycles. The molecule has 134 valence electrons. The van der Waals surface area contributed by atoms with Gasteiger partial charge in [-0.25, -0.2) is 12.7 Å². The number of carbonyl (C=O) groups is 1. The number of rotatable bonds is 6. The van der Waals surface area contributed by atoms with Crippen LogP contribution in [0.4, 0.5) is 0 Å². The molecule has 2 rings (SSSR count). The van der Waals surface area contributed by atoms with E-state index in [1.165, 1.54) is 4.31 Å². The number of likely N-dealkylation sites (tertiary alicyclic amines) is 1. The van der Waals surface area contributed by atoms with Crippen LogP contribution in [-0.4, -0.2) is 61.5 Å². The van der Waals surface area contributed by atoms with Crippen molar-refractivity contribution in [3.63, 3.8) is 0 Å². The Morgan fingerprint density at radius 2 is 1.88 bits per heavy atom. The standard InChI is InChI=1S/C17H27N3O3S/c1-3-24(22,23)19(2)15-9-11-20(12-10-15)17(21)16(18)13-14-7-5-4-6-8-14/h4-8,15-16H,3,9-13,18H2,1-2H3/t16-/m0/s1. The lowest BCUT2D eigenvalue weighted by atomic mass is 10.0. The Morgan fingerprint density at radius 3 is 2.42 bits per heavy atom. The number of piperidine rings is 1. The van der Waals surface area contributed by atoms with Crippen molar-refractivity contribution in [2.24, 2.45) is 5.73 Å². The number of benzene rings is 1. The second-order valence-corrected chi connectivity index (χ2v) is 8.59. The third kappa shape index (κ3) is 4.55. The van der Waals surface area contributed by atoms with E-state index < -0.39 is 16.1 Å². The highest BCUT2D eigenvalue weighted by molar-refractivity contribution is 7.89. The maximum absolute atomic E-state index is 12.5. The van der Waals surface area contributed by atoms with Gasteiger partial charge in [-0.15, -0.1) is 0 Å². The number of carbonyl (C=O) groups excluding carboxylic acids is 1. The van der Waals surface area contributed by atoms with Crippen molar-refractivity contribution < 1.29 is 13.2 Å². The first-order chi connectivity index (χ1) is 11.3. The number of hydrogen-bond acceptors (Lipinski definition) is 4. The number of hydrogen-bond donors (Lipinski definition) is 1. The molecule has 0 unspecified atom stereocenters. The fourth-order valence-corrected chi connectivity index (χ4v) is 4.14. The lowest BCUT2D eigenvalue weighted by Crippen LogP contribution is -2.51. The van der Waals surface area contributed by atoms with Crippen LogP contribution in [0.5, 0.6) is 0 Å². The van der Waals surface area contributed by atoms with Gasteiger partial charge in [0.05, 0.1) is 11.8 Å². The molecule has 24 heavy (non-hydrogen) atoms. The summed E-state index contributed by atoms with van der Waals surface area (Å²) in [6.07, 6.45) is 1.82. The molecule has 0 aromatic heterocycles. The highest BCUT2D eigenvalue weighted by Crippen LogP contribution is 2.19. The Bertz CT molecular complexity index is 640. The predicted molar refractivity (Wildman–Crippen MR) is 94.9 cm³/mol. The van der Waals surface area contributed by atoms with Crippen molar-refractivity contribution >= 4 is 15.9 Å². The monoisotopic (exact) mass is 353 g/mol. The van der Waals surface area contributed by atoms with E-state index >= 15 is 0 Å². The van der Waals surface area contributed by atoms with E-state index in [2.05, 4.69) is 0 Å². The van der Waals surface area contributed by atoms with Crippen LogP contribution in [0.1, 0.15) is 25.3 Å². The van der Waals surface area contributed by atoms with Crippen LogP contribution in [0, 0.1) is 0 Å².